The summed E-state index contributed by atoms with van der Waals surface area (Å²) < 4.78 is 4.88. The molecule has 1 aliphatic carbocycles. The predicted molar refractivity (Wildman–Crippen MR) is 108 cm³/mol. The van der Waals surface area contributed by atoms with Crippen molar-refractivity contribution >= 4 is 34.2 Å². The van der Waals surface area contributed by atoms with Crippen molar-refractivity contribution in [2.75, 3.05) is 23.4 Å². The Balaban J connectivity index is 1.83. The minimum absolute atomic E-state index is 0.173. The number of carbonyl (C=O) groups is 2. The van der Waals surface area contributed by atoms with E-state index >= 15 is 0 Å². The Morgan fingerprint density at radius 2 is 2.19 bits per heavy atom. The molecule has 3 rings (SSSR count). The summed E-state index contributed by atoms with van der Waals surface area (Å²) in [6.45, 7) is 6.17. The fourth-order valence-corrected chi connectivity index (χ4v) is 4.16. The minimum Gasteiger partial charge on any atom is -0.450 e. The van der Waals surface area contributed by atoms with Crippen LogP contribution in [0, 0.1) is 0 Å². The highest BCUT2D eigenvalue weighted by Gasteiger charge is 2.23. The summed E-state index contributed by atoms with van der Waals surface area (Å²) >= 11 is 1.58. The molecule has 2 aromatic rings. The molecule has 0 radical (unpaired) electrons. The zero-order chi connectivity index (χ0) is 19.2. The first-order chi connectivity index (χ1) is 13.1. The highest BCUT2D eigenvalue weighted by atomic mass is 32.1. The van der Waals surface area contributed by atoms with Crippen LogP contribution in [0.2, 0.25) is 0 Å². The van der Waals surface area contributed by atoms with Crippen molar-refractivity contribution < 1.29 is 14.3 Å². The number of fused-ring (bicyclic) bond motifs is 1. The number of rotatable bonds is 6. The van der Waals surface area contributed by atoms with Crippen molar-refractivity contribution in [1.82, 2.24) is 4.98 Å². The topological polar surface area (TPSA) is 71.5 Å². The number of carbonyl (C=O) groups excluding carboxylic acids is 2. The van der Waals surface area contributed by atoms with E-state index in [-0.39, 0.29) is 12.5 Å². The predicted octanol–water partition coefficient (Wildman–Crippen LogP) is 4.42. The van der Waals surface area contributed by atoms with Gasteiger partial charge in [0, 0.05) is 22.7 Å². The molecule has 2 amide bonds. The summed E-state index contributed by atoms with van der Waals surface area (Å²) in [6, 6.07) is 6.81. The smallest absolute Gasteiger partial charge is 0.411 e. The summed E-state index contributed by atoms with van der Waals surface area (Å²) in [6.07, 6.45) is 5.47. The number of hydrogen-bond donors (Lipinski definition) is 1. The molecule has 0 spiro atoms. The maximum atomic E-state index is 13.1. The number of aryl methyl sites for hydroxylation is 2. The van der Waals surface area contributed by atoms with Gasteiger partial charge in [-0.3, -0.25) is 15.0 Å². The molecule has 7 heteroatoms. The standard InChI is InChI=1S/C20H23N3O3S/c1-3-12-23(19-22-16-10-5-6-11-17(16)27-19)18(24)14-8-7-9-15(13-14)21-20(25)26-4-2/h3,7-9,13H,1,4-6,10-12H2,2H3,(H,21,25). The summed E-state index contributed by atoms with van der Waals surface area (Å²) in [5.74, 6) is -0.173. The number of nitrogens with one attached hydrogen (secondary N) is 1. The van der Waals surface area contributed by atoms with Crippen LogP contribution < -0.4 is 10.2 Å². The lowest BCUT2D eigenvalue weighted by Crippen LogP contribution is -2.31. The van der Waals surface area contributed by atoms with Crippen molar-refractivity contribution in [2.45, 2.75) is 32.6 Å². The maximum Gasteiger partial charge on any atom is 0.411 e. The first kappa shape index (κ1) is 19.1. The molecule has 0 bridgehead atoms. The molecule has 142 valence electrons. The van der Waals surface area contributed by atoms with Gasteiger partial charge in [-0.05, 0) is 50.8 Å². The van der Waals surface area contributed by atoms with E-state index in [4.69, 9.17) is 9.72 Å². The number of amides is 2. The molecule has 1 aromatic heterocycles. The zero-order valence-corrected chi connectivity index (χ0v) is 16.2. The fraction of sp³-hybridized carbons (Fsp3) is 0.350. The highest BCUT2D eigenvalue weighted by Crippen LogP contribution is 2.32. The minimum atomic E-state index is -0.544. The number of thiazole rings is 1. The Labute approximate surface area is 162 Å². The van der Waals surface area contributed by atoms with Crippen molar-refractivity contribution in [2.24, 2.45) is 0 Å². The molecule has 0 aliphatic heterocycles. The molecular weight excluding hydrogens is 362 g/mol. The first-order valence-corrected chi connectivity index (χ1v) is 9.89. The molecule has 1 aromatic carbocycles. The number of anilines is 2. The third-order valence-corrected chi connectivity index (χ3v) is 5.43. The van der Waals surface area contributed by atoms with Crippen molar-refractivity contribution in [3.8, 4) is 0 Å². The highest BCUT2D eigenvalue weighted by molar-refractivity contribution is 7.16. The van der Waals surface area contributed by atoms with Gasteiger partial charge in [-0.1, -0.05) is 12.1 Å². The van der Waals surface area contributed by atoms with Crippen LogP contribution in [0.4, 0.5) is 15.6 Å². The lowest BCUT2D eigenvalue weighted by molar-refractivity contribution is 0.0989. The second-order valence-corrected chi connectivity index (χ2v) is 7.27. The van der Waals surface area contributed by atoms with E-state index in [0.29, 0.717) is 22.9 Å². The van der Waals surface area contributed by atoms with Crippen LogP contribution in [0.25, 0.3) is 0 Å². The number of nitrogens with zero attached hydrogens (tertiary/aromatic N) is 2. The van der Waals surface area contributed by atoms with E-state index in [9.17, 15) is 9.59 Å². The second-order valence-electron chi connectivity index (χ2n) is 6.20. The van der Waals surface area contributed by atoms with Gasteiger partial charge in [0.2, 0.25) is 0 Å². The van der Waals surface area contributed by atoms with Crippen LogP contribution in [0.3, 0.4) is 0 Å². The quantitative estimate of drug-likeness (QED) is 0.747. The number of ether oxygens (including phenoxy) is 1. The van der Waals surface area contributed by atoms with E-state index in [1.807, 2.05) is 0 Å². The van der Waals surface area contributed by atoms with Gasteiger partial charge in [-0.15, -0.1) is 17.9 Å². The third-order valence-electron chi connectivity index (χ3n) is 4.25. The largest absolute Gasteiger partial charge is 0.450 e. The lowest BCUT2D eigenvalue weighted by atomic mass is 10.0. The molecule has 1 N–H and O–H groups in total. The monoisotopic (exact) mass is 385 g/mol. The first-order valence-electron chi connectivity index (χ1n) is 9.07. The maximum absolute atomic E-state index is 13.1. The zero-order valence-electron chi connectivity index (χ0n) is 15.4. The Morgan fingerprint density at radius 3 is 2.93 bits per heavy atom. The number of aromatic nitrogens is 1. The van der Waals surface area contributed by atoms with E-state index < -0.39 is 6.09 Å². The van der Waals surface area contributed by atoms with Gasteiger partial charge in [0.1, 0.15) is 0 Å². The summed E-state index contributed by atoms with van der Waals surface area (Å²) in [5, 5.41) is 3.33. The Morgan fingerprint density at radius 1 is 1.37 bits per heavy atom. The summed E-state index contributed by atoms with van der Waals surface area (Å²) in [4.78, 5) is 32.3. The normalized spacial score (nSPS) is 12.8. The van der Waals surface area contributed by atoms with Crippen LogP contribution in [-0.2, 0) is 17.6 Å². The van der Waals surface area contributed by atoms with E-state index in [1.165, 1.54) is 11.3 Å². The lowest BCUT2D eigenvalue weighted by Gasteiger charge is -2.18. The van der Waals surface area contributed by atoms with Gasteiger partial charge < -0.3 is 4.74 Å². The van der Waals surface area contributed by atoms with Gasteiger partial charge in [-0.2, -0.15) is 0 Å². The third kappa shape index (κ3) is 4.54. The van der Waals surface area contributed by atoms with Crippen molar-refractivity contribution in [3.63, 3.8) is 0 Å². The molecule has 27 heavy (non-hydrogen) atoms. The van der Waals surface area contributed by atoms with Crippen LogP contribution >= 0.6 is 11.3 Å². The molecule has 0 fully saturated rings. The number of benzene rings is 1. The summed E-state index contributed by atoms with van der Waals surface area (Å²) in [5.41, 5.74) is 2.09. The van der Waals surface area contributed by atoms with Crippen LogP contribution in [0.5, 0.6) is 0 Å². The number of hydrogen-bond acceptors (Lipinski definition) is 5. The van der Waals surface area contributed by atoms with Crippen LogP contribution in [-0.4, -0.2) is 30.1 Å². The van der Waals surface area contributed by atoms with E-state index in [0.717, 1.165) is 25.0 Å². The van der Waals surface area contributed by atoms with Crippen LogP contribution in [0.15, 0.2) is 36.9 Å². The Hall–Kier alpha value is -2.67. The molecule has 0 atom stereocenters. The molecule has 1 aliphatic rings. The van der Waals surface area contributed by atoms with Gasteiger partial charge in [0.05, 0.1) is 12.3 Å². The average Bonchev–Trinajstić information content (AvgIpc) is 3.09. The molecule has 0 saturated heterocycles. The van der Waals surface area contributed by atoms with Crippen molar-refractivity contribution in [3.05, 3.63) is 53.1 Å². The van der Waals surface area contributed by atoms with Gasteiger partial charge in [0.25, 0.3) is 5.91 Å². The van der Waals surface area contributed by atoms with Gasteiger partial charge >= 0.3 is 6.09 Å². The molecular formula is C20H23N3O3S. The molecule has 1 heterocycles. The Kier molecular flexibility index (Phi) is 6.24. The van der Waals surface area contributed by atoms with E-state index in [1.54, 1.807) is 53.5 Å². The van der Waals surface area contributed by atoms with Crippen LogP contribution in [0.1, 0.15) is 40.7 Å². The van der Waals surface area contributed by atoms with E-state index in [2.05, 4.69) is 11.9 Å². The molecule has 0 saturated carbocycles. The fourth-order valence-electron chi connectivity index (χ4n) is 3.00. The molecule has 6 nitrogen and oxygen atoms in total. The van der Waals surface area contributed by atoms with Crippen molar-refractivity contribution in [1.29, 1.82) is 0 Å². The SMILES string of the molecule is C=CCN(C(=O)c1cccc(NC(=O)OCC)c1)c1nc2c(s1)CCCC2. The summed E-state index contributed by atoms with van der Waals surface area (Å²) in [7, 11) is 0. The van der Waals surface area contributed by atoms with Gasteiger partial charge in [0.15, 0.2) is 5.13 Å². The second kappa shape index (κ2) is 8.81. The molecule has 0 unspecified atom stereocenters. The average molecular weight is 385 g/mol. The van der Waals surface area contributed by atoms with Gasteiger partial charge in [-0.25, -0.2) is 9.78 Å². The Bertz CT molecular complexity index is 823.